The third-order valence-electron chi connectivity index (χ3n) is 4.07. The Morgan fingerprint density at radius 1 is 1.55 bits per heavy atom. The summed E-state index contributed by atoms with van der Waals surface area (Å²) >= 11 is 0. The molecular weight excluding hydrogens is 254 g/mol. The Bertz CT molecular complexity index is 425. The van der Waals surface area contributed by atoms with Crippen LogP contribution in [0.3, 0.4) is 0 Å². The topological polar surface area (TPSA) is 96.7 Å². The summed E-state index contributed by atoms with van der Waals surface area (Å²) in [6.07, 6.45) is 5.91. The van der Waals surface area contributed by atoms with Gasteiger partial charge in [0.25, 0.3) is 0 Å². The van der Waals surface area contributed by atoms with E-state index in [2.05, 4.69) is 34.3 Å². The number of nitrogens with zero attached hydrogens (tertiary/aromatic N) is 2. The molecule has 1 aromatic rings. The van der Waals surface area contributed by atoms with Gasteiger partial charge in [0.15, 0.2) is 0 Å². The minimum absolute atomic E-state index is 0.0669. The molecule has 0 unspecified atom stereocenters. The number of aromatic amines is 1. The molecule has 0 radical (unpaired) electrons. The Morgan fingerprint density at radius 3 is 2.75 bits per heavy atom. The number of nitrogens with one attached hydrogen (secondary N) is 2. The number of amides is 1. The second-order valence-corrected chi connectivity index (χ2v) is 6.25. The Balaban J connectivity index is 1.93. The molecule has 4 N–H and O–H groups in total. The highest BCUT2D eigenvalue weighted by molar-refractivity contribution is 5.77. The summed E-state index contributed by atoms with van der Waals surface area (Å²) in [6, 6.07) is 0. The predicted molar refractivity (Wildman–Crippen MR) is 76.7 cm³/mol. The van der Waals surface area contributed by atoms with Crippen molar-refractivity contribution in [1.82, 2.24) is 20.5 Å². The van der Waals surface area contributed by atoms with E-state index in [0.717, 1.165) is 31.5 Å². The van der Waals surface area contributed by atoms with Gasteiger partial charge in [0, 0.05) is 6.42 Å². The van der Waals surface area contributed by atoms with Crippen molar-refractivity contribution >= 4 is 5.91 Å². The normalized spacial score (nSPS) is 18.6. The molecule has 0 aliphatic heterocycles. The molecular formula is C14H25N5O. The summed E-state index contributed by atoms with van der Waals surface area (Å²) in [6.45, 7) is 4.87. The minimum atomic E-state index is -0.329. The van der Waals surface area contributed by atoms with Crippen molar-refractivity contribution in [2.75, 3.05) is 6.54 Å². The lowest BCUT2D eigenvalue weighted by atomic mass is 9.75. The van der Waals surface area contributed by atoms with Gasteiger partial charge in [-0.3, -0.25) is 9.89 Å². The number of nitrogens with two attached hydrogens (primary N) is 1. The Morgan fingerprint density at radius 2 is 2.30 bits per heavy atom. The number of hydrogen-bond acceptors (Lipinski definition) is 4. The summed E-state index contributed by atoms with van der Waals surface area (Å²) in [4.78, 5) is 16.5. The lowest BCUT2D eigenvalue weighted by Gasteiger charge is -2.40. The van der Waals surface area contributed by atoms with Gasteiger partial charge in [-0.15, -0.1) is 0 Å². The fraction of sp³-hybridized carbons (Fsp3) is 0.786. The first-order valence-electron chi connectivity index (χ1n) is 7.42. The molecule has 1 aliphatic rings. The van der Waals surface area contributed by atoms with Crippen LogP contribution in [0, 0.1) is 11.8 Å². The maximum absolute atomic E-state index is 12.3. The van der Waals surface area contributed by atoms with E-state index in [1.165, 1.54) is 6.33 Å². The van der Waals surface area contributed by atoms with E-state index in [9.17, 15) is 4.79 Å². The highest BCUT2D eigenvalue weighted by Gasteiger charge is 2.42. The van der Waals surface area contributed by atoms with Crippen LogP contribution in [0.4, 0.5) is 0 Å². The molecule has 112 valence electrons. The van der Waals surface area contributed by atoms with Gasteiger partial charge in [-0.1, -0.05) is 13.8 Å². The van der Waals surface area contributed by atoms with E-state index in [-0.39, 0.29) is 17.4 Å². The monoisotopic (exact) mass is 279 g/mol. The first-order valence-corrected chi connectivity index (χ1v) is 7.42. The van der Waals surface area contributed by atoms with Crippen LogP contribution in [-0.2, 0) is 10.3 Å². The van der Waals surface area contributed by atoms with Crippen molar-refractivity contribution in [2.45, 2.75) is 51.5 Å². The van der Waals surface area contributed by atoms with Gasteiger partial charge < -0.3 is 11.1 Å². The average molecular weight is 279 g/mol. The Hall–Kier alpha value is -1.43. The number of carbonyl (C=O) groups is 1. The SMILES string of the molecule is CC(C)C[C@H](CN)CC(=O)NC1(c2ncn[nH]2)CCC1. The van der Waals surface area contributed by atoms with Gasteiger partial charge in [-0.05, 0) is 44.1 Å². The number of hydrogen-bond donors (Lipinski definition) is 3. The Labute approximate surface area is 119 Å². The van der Waals surface area contributed by atoms with Gasteiger partial charge in [0.05, 0.1) is 5.54 Å². The largest absolute Gasteiger partial charge is 0.343 e. The van der Waals surface area contributed by atoms with Crippen LogP contribution in [0.1, 0.15) is 51.8 Å². The molecule has 1 heterocycles. The summed E-state index contributed by atoms with van der Waals surface area (Å²) < 4.78 is 0. The number of aromatic nitrogens is 3. The number of rotatable bonds is 7. The molecule has 1 saturated carbocycles. The second kappa shape index (κ2) is 6.35. The summed E-state index contributed by atoms with van der Waals surface area (Å²) in [5.74, 6) is 1.65. The van der Waals surface area contributed by atoms with Crippen molar-refractivity contribution in [2.24, 2.45) is 17.6 Å². The lowest BCUT2D eigenvalue weighted by molar-refractivity contribution is -0.125. The molecule has 1 amide bonds. The number of carbonyl (C=O) groups excluding carboxylic acids is 1. The zero-order chi connectivity index (χ0) is 14.6. The fourth-order valence-electron chi connectivity index (χ4n) is 2.90. The molecule has 20 heavy (non-hydrogen) atoms. The summed E-state index contributed by atoms with van der Waals surface area (Å²) in [5.41, 5.74) is 5.44. The molecule has 0 spiro atoms. The molecule has 1 atom stereocenters. The summed E-state index contributed by atoms with van der Waals surface area (Å²) in [5, 5.41) is 9.91. The molecule has 1 aromatic heterocycles. The lowest BCUT2D eigenvalue weighted by Crippen LogP contribution is -2.52. The van der Waals surface area contributed by atoms with Crippen molar-refractivity contribution in [1.29, 1.82) is 0 Å². The van der Waals surface area contributed by atoms with Crippen molar-refractivity contribution in [3.8, 4) is 0 Å². The first-order chi connectivity index (χ1) is 9.55. The fourth-order valence-corrected chi connectivity index (χ4v) is 2.90. The van der Waals surface area contributed by atoms with Gasteiger partial charge in [0.1, 0.15) is 12.2 Å². The van der Waals surface area contributed by atoms with Crippen LogP contribution < -0.4 is 11.1 Å². The van der Waals surface area contributed by atoms with Crippen LogP contribution in [0.15, 0.2) is 6.33 Å². The van der Waals surface area contributed by atoms with Crippen molar-refractivity contribution in [3.05, 3.63) is 12.2 Å². The van der Waals surface area contributed by atoms with Crippen LogP contribution >= 0.6 is 0 Å². The third-order valence-corrected chi connectivity index (χ3v) is 4.07. The molecule has 6 nitrogen and oxygen atoms in total. The molecule has 0 saturated heterocycles. The highest BCUT2D eigenvalue weighted by Crippen LogP contribution is 2.39. The van der Waals surface area contributed by atoms with E-state index < -0.39 is 0 Å². The highest BCUT2D eigenvalue weighted by atomic mass is 16.1. The average Bonchev–Trinajstić information content (AvgIpc) is 2.86. The number of H-pyrrole nitrogens is 1. The van der Waals surface area contributed by atoms with E-state index >= 15 is 0 Å². The molecule has 6 heteroatoms. The third kappa shape index (κ3) is 3.36. The molecule has 2 rings (SSSR count). The zero-order valence-corrected chi connectivity index (χ0v) is 12.4. The Kier molecular flexibility index (Phi) is 4.75. The first kappa shape index (κ1) is 15.0. The van der Waals surface area contributed by atoms with Gasteiger partial charge in [0.2, 0.25) is 5.91 Å². The minimum Gasteiger partial charge on any atom is -0.343 e. The van der Waals surface area contributed by atoms with Gasteiger partial charge in [-0.25, -0.2) is 4.98 Å². The maximum Gasteiger partial charge on any atom is 0.221 e. The molecule has 0 bridgehead atoms. The maximum atomic E-state index is 12.3. The standard InChI is InChI=1S/C14H25N5O/c1-10(2)6-11(8-15)7-12(20)18-14(4-3-5-14)13-16-9-17-19-13/h9-11H,3-8,15H2,1-2H3,(H,18,20)(H,16,17,19)/t11-/m0/s1. The van der Waals surface area contributed by atoms with E-state index in [0.29, 0.717) is 18.9 Å². The van der Waals surface area contributed by atoms with Crippen LogP contribution in [0.25, 0.3) is 0 Å². The van der Waals surface area contributed by atoms with E-state index in [1.54, 1.807) is 0 Å². The van der Waals surface area contributed by atoms with E-state index in [1.807, 2.05) is 0 Å². The van der Waals surface area contributed by atoms with Gasteiger partial charge >= 0.3 is 0 Å². The molecule has 1 aliphatic carbocycles. The second-order valence-electron chi connectivity index (χ2n) is 6.25. The van der Waals surface area contributed by atoms with Crippen LogP contribution in [-0.4, -0.2) is 27.6 Å². The van der Waals surface area contributed by atoms with Gasteiger partial charge in [-0.2, -0.15) is 5.10 Å². The van der Waals surface area contributed by atoms with Crippen molar-refractivity contribution in [3.63, 3.8) is 0 Å². The van der Waals surface area contributed by atoms with Crippen molar-refractivity contribution < 1.29 is 4.79 Å². The molecule has 1 fully saturated rings. The zero-order valence-electron chi connectivity index (χ0n) is 12.4. The van der Waals surface area contributed by atoms with Crippen LogP contribution in [0.5, 0.6) is 0 Å². The molecule has 0 aromatic carbocycles. The predicted octanol–water partition coefficient (Wildman–Crippen LogP) is 1.31. The van der Waals surface area contributed by atoms with Crippen LogP contribution in [0.2, 0.25) is 0 Å². The van der Waals surface area contributed by atoms with E-state index in [4.69, 9.17) is 5.73 Å². The smallest absolute Gasteiger partial charge is 0.221 e. The quantitative estimate of drug-likeness (QED) is 0.701. The summed E-state index contributed by atoms with van der Waals surface area (Å²) in [7, 11) is 0.